The van der Waals surface area contributed by atoms with E-state index in [1.807, 2.05) is 32.2 Å². The summed E-state index contributed by atoms with van der Waals surface area (Å²) in [5.74, 6) is -0.0293. The van der Waals surface area contributed by atoms with E-state index in [0.29, 0.717) is 12.8 Å². The van der Waals surface area contributed by atoms with Crippen molar-refractivity contribution in [1.82, 2.24) is 10.3 Å². The molecule has 0 aliphatic carbocycles. The van der Waals surface area contributed by atoms with Gasteiger partial charge in [-0.3, -0.25) is 14.6 Å². The number of hydrogen-bond acceptors (Lipinski definition) is 3. The molecule has 2 rings (SSSR count). The van der Waals surface area contributed by atoms with Crippen molar-refractivity contribution in [2.45, 2.75) is 53.0 Å². The smallest absolute Gasteiger partial charge is 0.220 e. The minimum atomic E-state index is -0.413. The maximum Gasteiger partial charge on any atom is 0.220 e. The van der Waals surface area contributed by atoms with Crippen LogP contribution < -0.4 is 5.32 Å². The molecule has 0 fully saturated rings. The van der Waals surface area contributed by atoms with Gasteiger partial charge in [0.25, 0.3) is 0 Å². The molecule has 138 valence electrons. The van der Waals surface area contributed by atoms with Gasteiger partial charge in [0.15, 0.2) is 5.78 Å². The third kappa shape index (κ3) is 5.51. The molecule has 1 amide bonds. The normalized spacial score (nSPS) is 12.0. The lowest BCUT2D eigenvalue weighted by Gasteiger charge is -2.19. The number of benzene rings is 1. The number of amides is 1. The zero-order valence-electron chi connectivity index (χ0n) is 16.1. The molecular weight excluding hydrogens is 324 g/mol. The van der Waals surface area contributed by atoms with Crippen LogP contribution in [0.1, 0.15) is 45.4 Å². The maximum atomic E-state index is 12.1. The van der Waals surface area contributed by atoms with Gasteiger partial charge in [-0.25, -0.2) is 0 Å². The lowest BCUT2D eigenvalue weighted by molar-refractivity contribution is -0.127. The first kappa shape index (κ1) is 19.8. The Hall–Kier alpha value is -2.49. The summed E-state index contributed by atoms with van der Waals surface area (Å²) in [6.07, 6.45) is 3.75. The Morgan fingerprint density at radius 2 is 1.88 bits per heavy atom. The molecule has 1 N–H and O–H groups in total. The predicted molar refractivity (Wildman–Crippen MR) is 105 cm³/mol. The molecule has 0 radical (unpaired) electrons. The molecule has 0 saturated carbocycles. The van der Waals surface area contributed by atoms with Crippen LogP contribution in [-0.2, 0) is 22.4 Å². The molecule has 1 aromatic heterocycles. The average molecular weight is 352 g/mol. The first-order valence-corrected chi connectivity index (χ1v) is 9.24. The van der Waals surface area contributed by atoms with Gasteiger partial charge in [-0.2, -0.15) is 0 Å². The van der Waals surface area contributed by atoms with Gasteiger partial charge in [-0.05, 0) is 42.9 Å². The van der Waals surface area contributed by atoms with Gasteiger partial charge in [0.05, 0.1) is 6.04 Å². The summed E-state index contributed by atoms with van der Waals surface area (Å²) in [5.41, 5.74) is 4.40. The average Bonchev–Trinajstić information content (AvgIpc) is 2.64. The molecule has 0 aliphatic rings. The van der Waals surface area contributed by atoms with Crippen molar-refractivity contribution < 1.29 is 9.59 Å². The van der Waals surface area contributed by atoms with Gasteiger partial charge < -0.3 is 5.32 Å². The molecule has 0 bridgehead atoms. The van der Waals surface area contributed by atoms with Crippen LogP contribution in [0.5, 0.6) is 0 Å². The second-order valence-corrected chi connectivity index (χ2v) is 6.99. The van der Waals surface area contributed by atoms with E-state index in [1.165, 1.54) is 12.5 Å². The van der Waals surface area contributed by atoms with E-state index in [-0.39, 0.29) is 17.6 Å². The quantitative estimate of drug-likeness (QED) is 0.782. The van der Waals surface area contributed by atoms with Crippen LogP contribution in [0.3, 0.4) is 0 Å². The van der Waals surface area contributed by atoms with Crippen molar-refractivity contribution in [2.75, 3.05) is 0 Å². The number of ketones is 1. The summed E-state index contributed by atoms with van der Waals surface area (Å²) in [7, 11) is 0. The second-order valence-electron chi connectivity index (χ2n) is 6.99. The monoisotopic (exact) mass is 352 g/mol. The molecule has 4 heteroatoms. The van der Waals surface area contributed by atoms with Crippen LogP contribution in [0.25, 0.3) is 11.1 Å². The fraction of sp³-hybridized carbons (Fsp3) is 0.409. The highest BCUT2D eigenvalue weighted by atomic mass is 16.2. The van der Waals surface area contributed by atoms with Gasteiger partial charge in [-0.15, -0.1) is 0 Å². The summed E-state index contributed by atoms with van der Waals surface area (Å²) in [5, 5.41) is 2.82. The Kier molecular flexibility index (Phi) is 7.07. The van der Waals surface area contributed by atoms with Gasteiger partial charge in [0.2, 0.25) is 5.91 Å². The number of Topliss-reactive ketones (excluding diaryl/α,β-unsaturated/α-hetero) is 1. The largest absolute Gasteiger partial charge is 0.346 e. The van der Waals surface area contributed by atoms with Crippen LogP contribution in [0.15, 0.2) is 42.6 Å². The standard InChI is InChI=1S/C22H28N2O2/c1-5-17-7-6-8-18(13-17)19-9-10-20(23-14-19)11-12-21(26)24-22(15(2)3)16(4)25/h6-10,13-15,22H,5,11-12H2,1-4H3,(H,24,26). The summed E-state index contributed by atoms with van der Waals surface area (Å²) in [4.78, 5) is 28.2. The van der Waals surface area contributed by atoms with Gasteiger partial charge in [0.1, 0.15) is 0 Å². The lowest BCUT2D eigenvalue weighted by Crippen LogP contribution is -2.43. The summed E-state index contributed by atoms with van der Waals surface area (Å²) < 4.78 is 0. The molecule has 1 aromatic carbocycles. The highest BCUT2D eigenvalue weighted by Crippen LogP contribution is 2.20. The first-order chi connectivity index (χ1) is 12.4. The number of carbonyl (C=O) groups is 2. The SMILES string of the molecule is CCc1cccc(-c2ccc(CCC(=O)NC(C(C)=O)C(C)C)nc2)c1. The fourth-order valence-corrected chi connectivity index (χ4v) is 2.94. The van der Waals surface area contributed by atoms with E-state index >= 15 is 0 Å². The third-order valence-corrected chi connectivity index (χ3v) is 4.52. The Balaban J connectivity index is 1.94. The minimum Gasteiger partial charge on any atom is -0.346 e. The molecule has 1 atom stereocenters. The fourth-order valence-electron chi connectivity index (χ4n) is 2.94. The topological polar surface area (TPSA) is 59.1 Å². The van der Waals surface area contributed by atoms with Gasteiger partial charge in [0, 0.05) is 23.9 Å². The van der Waals surface area contributed by atoms with Crippen molar-refractivity contribution in [2.24, 2.45) is 5.92 Å². The van der Waals surface area contributed by atoms with Crippen LogP contribution in [0.4, 0.5) is 0 Å². The molecule has 26 heavy (non-hydrogen) atoms. The molecule has 4 nitrogen and oxygen atoms in total. The number of aromatic nitrogens is 1. The van der Waals surface area contributed by atoms with Gasteiger partial charge >= 0.3 is 0 Å². The van der Waals surface area contributed by atoms with E-state index in [4.69, 9.17) is 0 Å². The Bertz CT molecular complexity index is 751. The number of nitrogens with zero attached hydrogens (tertiary/aromatic N) is 1. The zero-order valence-corrected chi connectivity index (χ0v) is 16.1. The lowest BCUT2D eigenvalue weighted by atomic mass is 10.0. The molecule has 0 spiro atoms. The molecular formula is C22H28N2O2. The van der Waals surface area contributed by atoms with Crippen molar-refractivity contribution >= 4 is 11.7 Å². The first-order valence-electron chi connectivity index (χ1n) is 9.24. The third-order valence-electron chi connectivity index (χ3n) is 4.52. The minimum absolute atomic E-state index is 0.00913. The number of nitrogens with one attached hydrogen (secondary N) is 1. The van der Waals surface area contributed by atoms with E-state index in [1.54, 1.807) is 0 Å². The molecule has 2 aromatic rings. The summed E-state index contributed by atoms with van der Waals surface area (Å²) >= 11 is 0. The second kappa shape index (κ2) is 9.27. The molecule has 0 saturated heterocycles. The maximum absolute atomic E-state index is 12.1. The van der Waals surface area contributed by atoms with Crippen LogP contribution in [-0.4, -0.2) is 22.7 Å². The van der Waals surface area contributed by atoms with Crippen molar-refractivity contribution in [3.63, 3.8) is 0 Å². The zero-order chi connectivity index (χ0) is 19.1. The van der Waals surface area contributed by atoms with E-state index in [2.05, 4.69) is 41.5 Å². The summed E-state index contributed by atoms with van der Waals surface area (Å²) in [6, 6.07) is 12.0. The Labute approximate surface area is 156 Å². The summed E-state index contributed by atoms with van der Waals surface area (Å²) in [6.45, 7) is 7.51. The Morgan fingerprint density at radius 1 is 1.12 bits per heavy atom. The molecule has 0 aliphatic heterocycles. The predicted octanol–water partition coefficient (Wildman–Crippen LogP) is 3.97. The van der Waals surface area contributed by atoms with E-state index in [0.717, 1.165) is 23.2 Å². The molecule has 1 heterocycles. The molecule has 1 unspecified atom stereocenters. The highest BCUT2D eigenvalue weighted by molar-refractivity contribution is 5.87. The van der Waals surface area contributed by atoms with Crippen molar-refractivity contribution in [1.29, 1.82) is 0 Å². The van der Waals surface area contributed by atoms with E-state index in [9.17, 15) is 9.59 Å². The van der Waals surface area contributed by atoms with Crippen LogP contribution in [0, 0.1) is 5.92 Å². The van der Waals surface area contributed by atoms with E-state index < -0.39 is 6.04 Å². The number of hydrogen-bond donors (Lipinski definition) is 1. The van der Waals surface area contributed by atoms with Gasteiger partial charge in [-0.1, -0.05) is 51.1 Å². The highest BCUT2D eigenvalue weighted by Gasteiger charge is 2.20. The van der Waals surface area contributed by atoms with Crippen LogP contribution in [0.2, 0.25) is 0 Å². The van der Waals surface area contributed by atoms with Crippen molar-refractivity contribution in [3.05, 3.63) is 53.9 Å². The number of pyridine rings is 1. The Morgan fingerprint density at radius 3 is 2.46 bits per heavy atom. The van der Waals surface area contributed by atoms with Crippen molar-refractivity contribution in [3.8, 4) is 11.1 Å². The van der Waals surface area contributed by atoms with Crippen LogP contribution >= 0.6 is 0 Å². The number of rotatable bonds is 8. The number of aryl methyl sites for hydroxylation is 2. The number of carbonyl (C=O) groups excluding carboxylic acids is 2.